The molecule has 0 aliphatic rings. The molecule has 0 aliphatic carbocycles. The van der Waals surface area contributed by atoms with Crippen molar-refractivity contribution in [1.29, 1.82) is 0 Å². The fourth-order valence-electron chi connectivity index (χ4n) is 3.00. The smallest absolute Gasteiger partial charge is 0.287 e. The van der Waals surface area contributed by atoms with Crippen LogP contribution in [0.25, 0.3) is 27.7 Å². The second-order valence-electron chi connectivity index (χ2n) is 6.51. The molecule has 4 aromatic rings. The highest BCUT2D eigenvalue weighted by Crippen LogP contribution is 2.21. The molecule has 4 rings (SSSR count). The summed E-state index contributed by atoms with van der Waals surface area (Å²) >= 11 is 0. The molecule has 6 heteroatoms. The summed E-state index contributed by atoms with van der Waals surface area (Å²) in [5.74, 6) is 0.429. The number of ether oxygens (including phenoxy) is 1. The topological polar surface area (TPSA) is 79.0 Å². The highest BCUT2D eigenvalue weighted by atomic mass is 16.5. The van der Waals surface area contributed by atoms with Crippen molar-refractivity contribution in [3.05, 3.63) is 90.6 Å². The van der Waals surface area contributed by atoms with Gasteiger partial charge in [0.1, 0.15) is 11.4 Å². The van der Waals surface area contributed by atoms with E-state index in [-0.39, 0.29) is 5.91 Å². The van der Waals surface area contributed by atoms with Crippen LogP contribution in [0.3, 0.4) is 0 Å². The van der Waals surface area contributed by atoms with Gasteiger partial charge in [-0.25, -0.2) is 0 Å². The van der Waals surface area contributed by atoms with Crippen molar-refractivity contribution in [3.63, 3.8) is 0 Å². The van der Waals surface area contributed by atoms with Crippen molar-refractivity contribution in [2.45, 2.75) is 0 Å². The third-order valence-electron chi connectivity index (χ3n) is 4.63. The average molecular weight is 384 g/mol. The Labute approximate surface area is 168 Å². The number of aromatic nitrogens is 2. The minimum absolute atomic E-state index is 0.334. The number of H-pyrrole nitrogens is 1. The van der Waals surface area contributed by atoms with Gasteiger partial charge in [0.25, 0.3) is 5.91 Å². The molecule has 6 nitrogen and oxygen atoms in total. The predicted octanol–water partition coefficient (Wildman–Crippen LogP) is 4.14. The first-order valence-corrected chi connectivity index (χ1v) is 9.08. The number of amides is 1. The van der Waals surface area contributed by atoms with Crippen molar-refractivity contribution in [2.24, 2.45) is 0 Å². The lowest BCUT2D eigenvalue weighted by Gasteiger charge is -2.11. The Morgan fingerprint density at radius 3 is 2.48 bits per heavy atom. The fourth-order valence-corrected chi connectivity index (χ4v) is 3.00. The van der Waals surface area contributed by atoms with Crippen LogP contribution in [-0.4, -0.2) is 23.2 Å². The third kappa shape index (κ3) is 3.96. The molecule has 144 valence electrons. The van der Waals surface area contributed by atoms with Gasteiger partial charge in [0.2, 0.25) is 0 Å². The zero-order chi connectivity index (χ0) is 20.2. The van der Waals surface area contributed by atoms with Crippen LogP contribution in [0.2, 0.25) is 0 Å². The molecule has 1 amide bonds. The van der Waals surface area contributed by atoms with Crippen molar-refractivity contribution in [3.8, 4) is 17.0 Å². The van der Waals surface area contributed by atoms with E-state index in [1.165, 1.54) is 0 Å². The molecule has 0 aliphatic heterocycles. The summed E-state index contributed by atoms with van der Waals surface area (Å²) in [6, 6.07) is 23.2. The van der Waals surface area contributed by atoms with Crippen molar-refractivity contribution >= 4 is 22.4 Å². The number of benzene rings is 3. The number of hydrogen-bond acceptors (Lipinski definition) is 4. The van der Waals surface area contributed by atoms with Gasteiger partial charge < -0.3 is 4.74 Å². The van der Waals surface area contributed by atoms with Gasteiger partial charge in [-0.1, -0.05) is 43.0 Å². The number of carbonyl (C=O) groups excluding carboxylic acids is 1. The minimum Gasteiger partial charge on any atom is -0.497 e. The number of rotatable bonds is 6. The minimum atomic E-state index is -0.334. The van der Waals surface area contributed by atoms with E-state index < -0.39 is 0 Å². The Bertz CT molecular complexity index is 1180. The quantitative estimate of drug-likeness (QED) is 0.437. The van der Waals surface area contributed by atoms with Crippen molar-refractivity contribution < 1.29 is 9.53 Å². The normalized spacial score (nSPS) is 10.5. The summed E-state index contributed by atoms with van der Waals surface area (Å²) in [7, 11) is 1.62. The zero-order valence-corrected chi connectivity index (χ0v) is 15.9. The maximum absolute atomic E-state index is 12.4. The van der Waals surface area contributed by atoms with Crippen LogP contribution in [-0.2, 0) is 0 Å². The van der Waals surface area contributed by atoms with Crippen LogP contribution in [0, 0.1) is 0 Å². The van der Waals surface area contributed by atoms with Gasteiger partial charge in [0.05, 0.1) is 18.5 Å². The van der Waals surface area contributed by atoms with E-state index >= 15 is 0 Å². The van der Waals surface area contributed by atoms with Crippen molar-refractivity contribution in [2.75, 3.05) is 7.11 Å². The van der Waals surface area contributed by atoms with Gasteiger partial charge in [-0.3, -0.25) is 20.7 Å². The number of nitrogens with one attached hydrogen (secondary N) is 3. The Balaban J connectivity index is 1.41. The molecular weight excluding hydrogens is 364 g/mol. The molecule has 3 aromatic carbocycles. The fraction of sp³-hybridized carbons (Fsp3) is 0.0435. The monoisotopic (exact) mass is 384 g/mol. The molecule has 3 N–H and O–H groups in total. The molecule has 29 heavy (non-hydrogen) atoms. The summed E-state index contributed by atoms with van der Waals surface area (Å²) in [5, 5.41) is 9.22. The summed E-state index contributed by atoms with van der Waals surface area (Å²) in [6.45, 7) is 4.00. The number of aromatic amines is 1. The maximum atomic E-state index is 12.4. The van der Waals surface area contributed by atoms with Crippen LogP contribution in [0.4, 0.5) is 0 Å². The van der Waals surface area contributed by atoms with E-state index in [0.717, 1.165) is 27.6 Å². The first-order chi connectivity index (χ1) is 14.1. The number of carbonyl (C=O) groups is 1. The van der Waals surface area contributed by atoms with Crippen LogP contribution in [0.1, 0.15) is 16.1 Å². The Kier molecular flexibility index (Phi) is 4.99. The highest BCUT2D eigenvalue weighted by molar-refractivity contribution is 5.93. The van der Waals surface area contributed by atoms with E-state index in [0.29, 0.717) is 17.1 Å². The number of hydrazine groups is 1. The Hall–Kier alpha value is -4.06. The van der Waals surface area contributed by atoms with Gasteiger partial charge in [-0.05, 0) is 52.7 Å². The largest absolute Gasteiger partial charge is 0.497 e. The number of fused-ring (bicyclic) bond motifs is 1. The SMILES string of the molecule is C=C(NNC(=O)c1cc(-c2ccc(OC)cc2)n[nH]1)c1ccc2ccccc2c1. The van der Waals surface area contributed by atoms with Gasteiger partial charge >= 0.3 is 0 Å². The van der Waals surface area contributed by atoms with Gasteiger partial charge in [-0.15, -0.1) is 0 Å². The first-order valence-electron chi connectivity index (χ1n) is 9.08. The van der Waals surface area contributed by atoms with Crippen LogP contribution in [0.5, 0.6) is 5.75 Å². The summed E-state index contributed by atoms with van der Waals surface area (Å²) in [4.78, 5) is 12.4. The predicted molar refractivity (Wildman–Crippen MR) is 114 cm³/mol. The molecule has 0 atom stereocenters. The first kappa shape index (κ1) is 18.3. The molecule has 0 spiro atoms. The van der Waals surface area contributed by atoms with Gasteiger partial charge in [0, 0.05) is 5.56 Å². The van der Waals surface area contributed by atoms with E-state index in [1.807, 2.05) is 60.7 Å². The van der Waals surface area contributed by atoms with Crippen molar-refractivity contribution in [1.82, 2.24) is 21.0 Å². The molecule has 0 saturated carbocycles. The molecule has 0 fully saturated rings. The summed E-state index contributed by atoms with van der Waals surface area (Å²) in [5.41, 5.74) is 8.91. The molecular formula is C23H20N4O2. The summed E-state index contributed by atoms with van der Waals surface area (Å²) in [6.07, 6.45) is 0. The molecule has 1 aromatic heterocycles. The molecule has 0 bridgehead atoms. The maximum Gasteiger partial charge on any atom is 0.287 e. The lowest BCUT2D eigenvalue weighted by molar-refractivity contribution is 0.0937. The van der Waals surface area contributed by atoms with Crippen LogP contribution >= 0.6 is 0 Å². The van der Waals surface area contributed by atoms with Gasteiger partial charge in [-0.2, -0.15) is 5.10 Å². The molecule has 0 saturated heterocycles. The van der Waals surface area contributed by atoms with E-state index in [2.05, 4.69) is 33.7 Å². The van der Waals surface area contributed by atoms with Crippen LogP contribution in [0.15, 0.2) is 79.4 Å². The van der Waals surface area contributed by atoms with E-state index in [9.17, 15) is 4.79 Å². The van der Waals surface area contributed by atoms with E-state index in [4.69, 9.17) is 4.74 Å². The number of methoxy groups -OCH3 is 1. The number of nitrogens with zero attached hydrogens (tertiary/aromatic N) is 1. The van der Waals surface area contributed by atoms with Gasteiger partial charge in [0.15, 0.2) is 0 Å². The molecule has 1 heterocycles. The van der Waals surface area contributed by atoms with E-state index in [1.54, 1.807) is 13.2 Å². The highest BCUT2D eigenvalue weighted by Gasteiger charge is 2.11. The lowest BCUT2D eigenvalue weighted by atomic mass is 10.1. The Morgan fingerprint density at radius 1 is 0.966 bits per heavy atom. The Morgan fingerprint density at radius 2 is 1.72 bits per heavy atom. The number of hydrogen-bond donors (Lipinski definition) is 3. The zero-order valence-electron chi connectivity index (χ0n) is 15.9. The second-order valence-corrected chi connectivity index (χ2v) is 6.51. The summed E-state index contributed by atoms with van der Waals surface area (Å²) < 4.78 is 5.15. The average Bonchev–Trinajstić information content (AvgIpc) is 3.27. The van der Waals surface area contributed by atoms with Crippen LogP contribution < -0.4 is 15.6 Å². The molecule has 0 radical (unpaired) electrons. The standard InChI is InChI=1S/C23H20N4O2/c1-15(18-8-7-16-5-3-4-6-19(16)13-18)24-27-23(28)22-14-21(25-26-22)17-9-11-20(29-2)12-10-17/h3-14,24H,1H2,2H3,(H,25,26)(H,27,28). The lowest BCUT2D eigenvalue weighted by Crippen LogP contribution is -2.36. The third-order valence-corrected chi connectivity index (χ3v) is 4.63. The second kappa shape index (κ2) is 7.90. The molecule has 0 unspecified atom stereocenters.